The molecule has 0 N–H and O–H groups in total. The van der Waals surface area contributed by atoms with E-state index in [0.717, 1.165) is 11.1 Å². The summed E-state index contributed by atoms with van der Waals surface area (Å²) in [5.74, 6) is -0.491. The van der Waals surface area contributed by atoms with Gasteiger partial charge in [-0.2, -0.15) is 5.26 Å². The molecule has 1 aromatic carbocycles. The molecule has 3 heterocycles. The van der Waals surface area contributed by atoms with E-state index in [1.54, 1.807) is 0 Å². The molecule has 0 atom stereocenters. The number of esters is 1. The van der Waals surface area contributed by atoms with Crippen molar-refractivity contribution in [1.29, 1.82) is 5.26 Å². The van der Waals surface area contributed by atoms with Crippen molar-refractivity contribution in [2.75, 3.05) is 0 Å². The molecular weight excluding hydrogens is 390 g/mol. The Labute approximate surface area is 168 Å². The molecule has 9 heteroatoms. The minimum absolute atomic E-state index is 0.0465. The zero-order chi connectivity index (χ0) is 20.2. The van der Waals surface area contributed by atoms with Crippen LogP contribution in [0.5, 0.6) is 0 Å². The van der Waals surface area contributed by atoms with Gasteiger partial charge >= 0.3 is 5.97 Å². The van der Waals surface area contributed by atoms with Gasteiger partial charge < -0.3 is 4.74 Å². The Bertz CT molecular complexity index is 1280. The van der Waals surface area contributed by atoms with Crippen LogP contribution in [0.4, 0.5) is 0 Å². The Balaban J connectivity index is 1.73. The highest BCUT2D eigenvalue weighted by molar-refractivity contribution is 7.17. The molecule has 4 aromatic rings. The second-order valence-corrected chi connectivity index (χ2v) is 6.80. The summed E-state index contributed by atoms with van der Waals surface area (Å²) in [5, 5.41) is 11.5. The van der Waals surface area contributed by atoms with Crippen LogP contribution in [0.15, 0.2) is 59.1 Å². The largest absolute Gasteiger partial charge is 0.453 e. The van der Waals surface area contributed by atoms with E-state index in [0.29, 0.717) is 10.2 Å². The van der Waals surface area contributed by atoms with E-state index in [4.69, 9.17) is 4.74 Å². The molecule has 0 fully saturated rings. The lowest BCUT2D eigenvalue weighted by Gasteiger charge is -2.10. The maximum Gasteiger partial charge on any atom is 0.358 e. The minimum Gasteiger partial charge on any atom is -0.453 e. The first-order valence-corrected chi connectivity index (χ1v) is 9.43. The Morgan fingerprint density at radius 2 is 2.07 bits per heavy atom. The van der Waals surface area contributed by atoms with E-state index >= 15 is 0 Å². The first-order valence-electron chi connectivity index (χ1n) is 8.55. The van der Waals surface area contributed by atoms with Crippen LogP contribution in [0.2, 0.25) is 0 Å². The lowest BCUT2D eigenvalue weighted by atomic mass is 10.1. The highest BCUT2D eigenvalue weighted by Gasteiger charge is 2.18. The Kier molecular flexibility index (Phi) is 5.09. The lowest BCUT2D eigenvalue weighted by molar-refractivity contribution is 0.0449. The Morgan fingerprint density at radius 3 is 2.79 bits per heavy atom. The number of aromatic nitrogens is 4. The molecule has 0 aliphatic heterocycles. The molecule has 0 saturated heterocycles. The molecule has 0 bridgehead atoms. The number of hydrogen-bond acceptors (Lipinski definition) is 8. The predicted octanol–water partition coefficient (Wildman–Crippen LogP) is 2.80. The average Bonchev–Trinajstić information content (AvgIpc) is 3.20. The van der Waals surface area contributed by atoms with Crippen molar-refractivity contribution in [3.63, 3.8) is 0 Å². The van der Waals surface area contributed by atoms with Crippen LogP contribution >= 0.6 is 11.3 Å². The molecular formula is C20H13N5O3S. The van der Waals surface area contributed by atoms with E-state index in [-0.39, 0.29) is 30.2 Å². The number of thiophene rings is 1. The molecule has 8 nitrogen and oxygen atoms in total. The van der Waals surface area contributed by atoms with Gasteiger partial charge in [0.1, 0.15) is 18.0 Å². The number of rotatable bonds is 5. The predicted molar refractivity (Wildman–Crippen MR) is 106 cm³/mol. The Morgan fingerprint density at radius 1 is 1.24 bits per heavy atom. The average molecular weight is 403 g/mol. The fourth-order valence-electron chi connectivity index (χ4n) is 2.85. The van der Waals surface area contributed by atoms with Crippen LogP contribution in [0, 0.1) is 11.3 Å². The summed E-state index contributed by atoms with van der Waals surface area (Å²) in [7, 11) is 0. The third-order valence-electron chi connectivity index (χ3n) is 4.19. The highest BCUT2D eigenvalue weighted by Crippen LogP contribution is 2.30. The molecule has 0 spiro atoms. The summed E-state index contributed by atoms with van der Waals surface area (Å²) in [6.07, 6.45) is 4.11. The van der Waals surface area contributed by atoms with Crippen LogP contribution in [-0.2, 0) is 17.9 Å². The number of benzene rings is 1. The number of hydrogen-bond donors (Lipinski definition) is 0. The molecule has 0 unspecified atom stereocenters. The molecule has 142 valence electrons. The second-order valence-electron chi connectivity index (χ2n) is 5.94. The third kappa shape index (κ3) is 3.61. The van der Waals surface area contributed by atoms with Gasteiger partial charge in [-0.15, -0.1) is 11.3 Å². The number of nitriles is 1. The summed E-state index contributed by atoms with van der Waals surface area (Å²) >= 11 is 1.32. The van der Waals surface area contributed by atoms with E-state index in [1.165, 1.54) is 34.5 Å². The fourth-order valence-corrected chi connectivity index (χ4v) is 3.81. The molecule has 0 amide bonds. The zero-order valence-electron chi connectivity index (χ0n) is 15.0. The van der Waals surface area contributed by atoms with Crippen LogP contribution in [0.3, 0.4) is 0 Å². The fraction of sp³-hybridized carbons (Fsp3) is 0.100. The third-order valence-corrected chi connectivity index (χ3v) is 5.06. The minimum atomic E-state index is -0.688. The Hall–Kier alpha value is -3.90. The van der Waals surface area contributed by atoms with Crippen molar-refractivity contribution in [2.24, 2.45) is 0 Å². The van der Waals surface area contributed by atoms with Crippen molar-refractivity contribution in [3.05, 3.63) is 76.2 Å². The molecule has 0 aliphatic carbocycles. The summed E-state index contributed by atoms with van der Waals surface area (Å²) in [6, 6.07) is 11.5. The number of fused-ring (bicyclic) bond motifs is 1. The quantitative estimate of drug-likeness (QED) is 0.471. The first kappa shape index (κ1) is 18.5. The van der Waals surface area contributed by atoms with Crippen molar-refractivity contribution in [1.82, 2.24) is 19.5 Å². The van der Waals surface area contributed by atoms with E-state index in [1.807, 2.05) is 41.8 Å². The monoisotopic (exact) mass is 403 g/mol. The first-order chi connectivity index (χ1) is 14.2. The van der Waals surface area contributed by atoms with Crippen LogP contribution in [0.1, 0.15) is 16.3 Å². The molecule has 0 saturated carbocycles. The van der Waals surface area contributed by atoms with Crippen molar-refractivity contribution in [3.8, 4) is 17.2 Å². The summed E-state index contributed by atoms with van der Waals surface area (Å²) < 4.78 is 6.46. The van der Waals surface area contributed by atoms with Crippen LogP contribution in [-0.4, -0.2) is 25.5 Å². The smallest absolute Gasteiger partial charge is 0.358 e. The van der Waals surface area contributed by atoms with E-state index < -0.39 is 5.97 Å². The van der Waals surface area contributed by atoms with Gasteiger partial charge in [0.05, 0.1) is 17.7 Å². The number of carbonyl (C=O) groups excluding carboxylic acids is 1. The number of ether oxygens (including phenoxy) is 1. The summed E-state index contributed by atoms with van der Waals surface area (Å²) in [4.78, 5) is 37.9. The van der Waals surface area contributed by atoms with Gasteiger partial charge in [-0.1, -0.05) is 30.3 Å². The van der Waals surface area contributed by atoms with Crippen molar-refractivity contribution < 1.29 is 9.53 Å². The molecule has 29 heavy (non-hydrogen) atoms. The topological polar surface area (TPSA) is 111 Å². The van der Waals surface area contributed by atoms with Gasteiger partial charge in [0.2, 0.25) is 0 Å². The SMILES string of the molecule is N#CCn1c(COC(=O)c2cnccn2)nc2scc(-c3ccccc3)c2c1=O. The van der Waals surface area contributed by atoms with E-state index in [9.17, 15) is 14.9 Å². The van der Waals surface area contributed by atoms with Gasteiger partial charge in [-0.25, -0.2) is 14.8 Å². The number of carbonyl (C=O) groups is 1. The van der Waals surface area contributed by atoms with Gasteiger partial charge in [0.25, 0.3) is 5.56 Å². The van der Waals surface area contributed by atoms with E-state index in [2.05, 4.69) is 15.0 Å². The van der Waals surface area contributed by atoms with Gasteiger partial charge in [-0.05, 0) is 5.56 Å². The van der Waals surface area contributed by atoms with Gasteiger partial charge in [0, 0.05) is 23.3 Å². The molecule has 0 radical (unpaired) electrons. The van der Waals surface area contributed by atoms with Crippen LogP contribution in [0.25, 0.3) is 21.3 Å². The maximum absolute atomic E-state index is 13.1. The lowest BCUT2D eigenvalue weighted by Crippen LogP contribution is -2.26. The molecule has 3 aromatic heterocycles. The van der Waals surface area contributed by atoms with Crippen LogP contribution < -0.4 is 5.56 Å². The summed E-state index contributed by atoms with van der Waals surface area (Å²) in [6.45, 7) is -0.468. The summed E-state index contributed by atoms with van der Waals surface area (Å²) in [5.41, 5.74) is 1.35. The number of nitrogens with zero attached hydrogens (tertiary/aromatic N) is 5. The normalized spacial score (nSPS) is 10.6. The maximum atomic E-state index is 13.1. The second kappa shape index (κ2) is 8.00. The molecule has 0 aliphatic rings. The van der Waals surface area contributed by atoms with Crippen molar-refractivity contribution >= 4 is 27.5 Å². The van der Waals surface area contributed by atoms with Crippen molar-refractivity contribution in [2.45, 2.75) is 13.2 Å². The standard InChI is InChI=1S/C20H13N5O3S/c21-6-9-25-16(11-28-20(27)15-10-22-7-8-23-15)24-18-17(19(25)26)14(12-29-18)13-4-2-1-3-5-13/h1-5,7-8,10,12H,9,11H2. The van der Waals surface area contributed by atoms with Gasteiger partial charge in [-0.3, -0.25) is 14.3 Å². The van der Waals surface area contributed by atoms with Gasteiger partial charge in [0.15, 0.2) is 11.5 Å². The zero-order valence-corrected chi connectivity index (χ0v) is 15.8. The molecule has 4 rings (SSSR count). The highest BCUT2D eigenvalue weighted by atomic mass is 32.1.